The Labute approximate surface area is 194 Å². The SMILES string of the molecule is CCNC(=NCC(=O)NCc1ccc(OC)cc1)NCC(C)(O)c1ccc(C)o1.I. The number of aryl methyl sites for hydroxylation is 1. The van der Waals surface area contributed by atoms with E-state index in [2.05, 4.69) is 20.9 Å². The highest BCUT2D eigenvalue weighted by Crippen LogP contribution is 2.21. The van der Waals surface area contributed by atoms with E-state index in [1.165, 1.54) is 0 Å². The Bertz CT molecular complexity index is 819. The molecule has 1 unspecified atom stereocenters. The first-order chi connectivity index (χ1) is 13.8. The van der Waals surface area contributed by atoms with Crippen LogP contribution in [0.15, 0.2) is 45.8 Å². The normalized spacial score (nSPS) is 13.0. The Balaban J connectivity index is 0.00000450. The predicted molar refractivity (Wildman–Crippen MR) is 127 cm³/mol. The molecule has 0 saturated heterocycles. The van der Waals surface area contributed by atoms with Gasteiger partial charge in [-0.2, -0.15) is 0 Å². The molecule has 0 fully saturated rings. The van der Waals surface area contributed by atoms with Gasteiger partial charge in [-0.3, -0.25) is 4.79 Å². The summed E-state index contributed by atoms with van der Waals surface area (Å²) in [5, 5.41) is 19.5. The molecule has 2 rings (SSSR count). The van der Waals surface area contributed by atoms with Crippen LogP contribution in [0, 0.1) is 6.92 Å². The smallest absolute Gasteiger partial charge is 0.242 e. The third-order valence-corrected chi connectivity index (χ3v) is 4.24. The number of hydrogen-bond donors (Lipinski definition) is 4. The van der Waals surface area contributed by atoms with Crippen LogP contribution < -0.4 is 20.7 Å². The van der Waals surface area contributed by atoms with Gasteiger partial charge >= 0.3 is 0 Å². The number of methoxy groups -OCH3 is 1. The maximum atomic E-state index is 12.1. The number of carbonyl (C=O) groups is 1. The van der Waals surface area contributed by atoms with Crippen LogP contribution in [0.2, 0.25) is 0 Å². The van der Waals surface area contributed by atoms with Gasteiger partial charge in [0.05, 0.1) is 13.7 Å². The van der Waals surface area contributed by atoms with E-state index in [1.807, 2.05) is 38.1 Å². The van der Waals surface area contributed by atoms with Gasteiger partial charge in [0.15, 0.2) is 5.96 Å². The van der Waals surface area contributed by atoms with Gasteiger partial charge in [0.2, 0.25) is 5.91 Å². The first-order valence-electron chi connectivity index (χ1n) is 9.55. The van der Waals surface area contributed by atoms with E-state index >= 15 is 0 Å². The second kappa shape index (κ2) is 12.4. The molecule has 8 nitrogen and oxygen atoms in total. The van der Waals surface area contributed by atoms with Crippen LogP contribution in [0.4, 0.5) is 0 Å². The van der Waals surface area contributed by atoms with Crippen LogP contribution in [0.3, 0.4) is 0 Å². The molecule has 1 atom stereocenters. The zero-order valence-electron chi connectivity index (χ0n) is 17.8. The van der Waals surface area contributed by atoms with E-state index in [0.717, 1.165) is 17.1 Å². The number of ether oxygens (including phenoxy) is 1. The summed E-state index contributed by atoms with van der Waals surface area (Å²) in [4.78, 5) is 16.4. The molecule has 0 bridgehead atoms. The Morgan fingerprint density at radius 2 is 1.87 bits per heavy atom. The number of guanidine groups is 1. The van der Waals surface area contributed by atoms with Gasteiger partial charge in [-0.1, -0.05) is 12.1 Å². The Hall–Kier alpha value is -2.27. The number of aliphatic hydroxyl groups is 1. The third-order valence-electron chi connectivity index (χ3n) is 4.24. The average molecular weight is 530 g/mol. The minimum atomic E-state index is -1.21. The molecular weight excluding hydrogens is 499 g/mol. The molecule has 9 heteroatoms. The summed E-state index contributed by atoms with van der Waals surface area (Å²) < 4.78 is 10.6. The second-order valence-corrected chi connectivity index (χ2v) is 6.86. The van der Waals surface area contributed by atoms with Crippen molar-refractivity contribution in [2.75, 3.05) is 26.7 Å². The maximum absolute atomic E-state index is 12.1. The Morgan fingerprint density at radius 3 is 2.43 bits per heavy atom. The third kappa shape index (κ3) is 8.23. The van der Waals surface area contributed by atoms with E-state index in [0.29, 0.717) is 24.8 Å². The number of nitrogens with zero attached hydrogens (tertiary/aromatic N) is 1. The van der Waals surface area contributed by atoms with Gasteiger partial charge in [0.1, 0.15) is 29.4 Å². The molecule has 166 valence electrons. The summed E-state index contributed by atoms with van der Waals surface area (Å²) in [5.41, 5.74) is -0.237. The first-order valence-corrected chi connectivity index (χ1v) is 9.55. The number of halogens is 1. The van der Waals surface area contributed by atoms with E-state index in [9.17, 15) is 9.90 Å². The fourth-order valence-electron chi connectivity index (χ4n) is 2.56. The monoisotopic (exact) mass is 530 g/mol. The number of benzene rings is 1. The number of furan rings is 1. The van der Waals surface area contributed by atoms with Gasteiger partial charge < -0.3 is 30.2 Å². The molecule has 2 aromatic rings. The van der Waals surface area contributed by atoms with Crippen molar-refractivity contribution < 1.29 is 19.1 Å². The maximum Gasteiger partial charge on any atom is 0.242 e. The number of aliphatic imine (C=N–C) groups is 1. The van der Waals surface area contributed by atoms with Crippen molar-refractivity contribution in [2.24, 2.45) is 4.99 Å². The summed E-state index contributed by atoms with van der Waals surface area (Å²) in [7, 11) is 1.61. The number of carbonyl (C=O) groups excluding carboxylic acids is 1. The predicted octanol–water partition coefficient (Wildman–Crippen LogP) is 2.29. The largest absolute Gasteiger partial charge is 0.497 e. The van der Waals surface area contributed by atoms with Crippen molar-refractivity contribution in [1.29, 1.82) is 0 Å². The van der Waals surface area contributed by atoms with Crippen LogP contribution in [-0.4, -0.2) is 43.7 Å². The van der Waals surface area contributed by atoms with Crippen molar-refractivity contribution in [3.63, 3.8) is 0 Å². The molecule has 4 N–H and O–H groups in total. The van der Waals surface area contributed by atoms with Crippen LogP contribution in [-0.2, 0) is 16.9 Å². The molecule has 0 aliphatic carbocycles. The zero-order valence-corrected chi connectivity index (χ0v) is 20.2. The fourth-order valence-corrected chi connectivity index (χ4v) is 2.56. The van der Waals surface area contributed by atoms with Gasteiger partial charge in [-0.25, -0.2) is 4.99 Å². The van der Waals surface area contributed by atoms with Crippen LogP contribution in [0.5, 0.6) is 5.75 Å². The van der Waals surface area contributed by atoms with E-state index in [-0.39, 0.29) is 43.0 Å². The van der Waals surface area contributed by atoms with Crippen molar-refractivity contribution in [3.05, 3.63) is 53.5 Å². The number of amides is 1. The van der Waals surface area contributed by atoms with Crippen LogP contribution >= 0.6 is 24.0 Å². The molecule has 0 aliphatic heterocycles. The molecule has 1 amide bonds. The highest BCUT2D eigenvalue weighted by atomic mass is 127. The summed E-state index contributed by atoms with van der Waals surface area (Å²) >= 11 is 0. The number of nitrogens with one attached hydrogen (secondary N) is 3. The zero-order chi connectivity index (χ0) is 21.3. The van der Waals surface area contributed by atoms with Gasteiger partial charge in [0.25, 0.3) is 0 Å². The van der Waals surface area contributed by atoms with Crippen LogP contribution in [0.25, 0.3) is 0 Å². The lowest BCUT2D eigenvalue weighted by atomic mass is 10.0. The van der Waals surface area contributed by atoms with E-state index in [4.69, 9.17) is 9.15 Å². The van der Waals surface area contributed by atoms with E-state index in [1.54, 1.807) is 26.2 Å². The lowest BCUT2D eigenvalue weighted by Crippen LogP contribution is -2.45. The average Bonchev–Trinajstić information content (AvgIpc) is 3.16. The number of hydrogen-bond acceptors (Lipinski definition) is 5. The molecule has 1 heterocycles. The lowest BCUT2D eigenvalue weighted by molar-refractivity contribution is -0.119. The summed E-state index contributed by atoms with van der Waals surface area (Å²) in [5.74, 6) is 2.21. The molecular formula is C21H31IN4O4. The second-order valence-electron chi connectivity index (χ2n) is 6.86. The van der Waals surface area contributed by atoms with E-state index < -0.39 is 5.60 Å². The highest BCUT2D eigenvalue weighted by molar-refractivity contribution is 14.0. The molecule has 1 aromatic heterocycles. The lowest BCUT2D eigenvalue weighted by Gasteiger charge is -2.22. The van der Waals surface area contributed by atoms with Gasteiger partial charge in [-0.05, 0) is 50.6 Å². The summed E-state index contributed by atoms with van der Waals surface area (Å²) in [6, 6.07) is 11.0. The topological polar surface area (TPSA) is 108 Å². The summed E-state index contributed by atoms with van der Waals surface area (Å²) in [6.45, 7) is 6.59. The van der Waals surface area contributed by atoms with Crippen molar-refractivity contribution in [1.82, 2.24) is 16.0 Å². The number of rotatable bonds is 9. The Morgan fingerprint density at radius 1 is 1.17 bits per heavy atom. The van der Waals surface area contributed by atoms with Gasteiger partial charge in [-0.15, -0.1) is 24.0 Å². The van der Waals surface area contributed by atoms with Crippen LogP contribution in [0.1, 0.15) is 30.9 Å². The quantitative estimate of drug-likeness (QED) is 0.225. The molecule has 30 heavy (non-hydrogen) atoms. The summed E-state index contributed by atoms with van der Waals surface area (Å²) in [6.07, 6.45) is 0. The molecule has 0 aliphatic rings. The fraction of sp³-hybridized carbons (Fsp3) is 0.429. The van der Waals surface area contributed by atoms with Crippen molar-refractivity contribution in [2.45, 2.75) is 32.9 Å². The first kappa shape index (κ1) is 25.8. The molecule has 0 spiro atoms. The highest BCUT2D eigenvalue weighted by Gasteiger charge is 2.27. The molecule has 1 aromatic carbocycles. The van der Waals surface area contributed by atoms with Crippen molar-refractivity contribution >= 4 is 35.8 Å². The standard InChI is InChI=1S/C21H30N4O4.HI/c1-5-22-20(25-14-21(3,27)18-11-6-15(2)29-18)24-13-19(26)23-12-16-7-9-17(28-4)10-8-16;/h6-11,27H,5,12-14H2,1-4H3,(H,23,26)(H2,22,24,25);1H. The Kier molecular flexibility index (Phi) is 10.7. The minimum absolute atomic E-state index is 0. The van der Waals surface area contributed by atoms with Crippen molar-refractivity contribution in [3.8, 4) is 5.75 Å². The minimum Gasteiger partial charge on any atom is -0.497 e. The van der Waals surface area contributed by atoms with Gasteiger partial charge in [0, 0.05) is 13.1 Å². The molecule has 0 saturated carbocycles. The molecule has 0 radical (unpaired) electrons.